The maximum atomic E-state index is 12.1. The fourth-order valence-corrected chi connectivity index (χ4v) is 2.85. The molecule has 1 saturated carbocycles. The van der Waals surface area contributed by atoms with Crippen LogP contribution in [0.15, 0.2) is 4.99 Å². The van der Waals surface area contributed by atoms with Gasteiger partial charge < -0.3 is 4.18 Å². The van der Waals surface area contributed by atoms with Crippen LogP contribution in [0, 0.1) is 11.8 Å². The number of rotatable bonds is 1. The Morgan fingerprint density at radius 1 is 1.35 bits per heavy atom. The van der Waals surface area contributed by atoms with E-state index in [4.69, 9.17) is 0 Å². The zero-order chi connectivity index (χ0) is 12.8. The van der Waals surface area contributed by atoms with Gasteiger partial charge in [0.2, 0.25) is 5.90 Å². The standard InChI is InChI=1S/C9H12F3NO3S/c1-5-6-2-3-7(5)13-8(4-6)16-17(14,15)9(10,11)12/h5-7H,2-4H2,1H3. The fourth-order valence-electron chi connectivity index (χ4n) is 2.39. The molecule has 0 aromatic carbocycles. The summed E-state index contributed by atoms with van der Waals surface area (Å²) in [4.78, 5) is 3.94. The molecule has 4 nitrogen and oxygen atoms in total. The quantitative estimate of drug-likeness (QED) is 0.542. The van der Waals surface area contributed by atoms with E-state index in [2.05, 4.69) is 9.18 Å². The number of fused-ring (bicyclic) bond motifs is 2. The van der Waals surface area contributed by atoms with E-state index in [1.807, 2.05) is 6.92 Å². The van der Waals surface area contributed by atoms with E-state index in [9.17, 15) is 21.6 Å². The van der Waals surface area contributed by atoms with Crippen molar-refractivity contribution in [3.8, 4) is 0 Å². The monoisotopic (exact) mass is 271 g/mol. The van der Waals surface area contributed by atoms with Crippen LogP contribution < -0.4 is 0 Å². The molecule has 1 heterocycles. The van der Waals surface area contributed by atoms with E-state index in [0.717, 1.165) is 12.8 Å². The SMILES string of the molecule is CC1C2CCC1N=C(OS(=O)(=O)C(F)(F)F)C2. The highest BCUT2D eigenvalue weighted by Crippen LogP contribution is 2.40. The summed E-state index contributed by atoms with van der Waals surface area (Å²) in [7, 11) is -5.56. The smallest absolute Gasteiger partial charge is 0.360 e. The van der Waals surface area contributed by atoms with E-state index < -0.39 is 15.6 Å². The van der Waals surface area contributed by atoms with Gasteiger partial charge in [-0.2, -0.15) is 21.6 Å². The van der Waals surface area contributed by atoms with Gasteiger partial charge in [-0.15, -0.1) is 0 Å². The fraction of sp³-hybridized carbons (Fsp3) is 0.889. The first kappa shape index (κ1) is 12.7. The Hall–Kier alpha value is -0.790. The minimum Gasteiger partial charge on any atom is -0.360 e. The lowest BCUT2D eigenvalue weighted by molar-refractivity contribution is -0.0506. The molecular formula is C9H12F3NO3S. The topological polar surface area (TPSA) is 55.7 Å². The Labute approximate surface area is 97.0 Å². The van der Waals surface area contributed by atoms with Crippen molar-refractivity contribution in [2.45, 2.75) is 37.7 Å². The molecule has 0 aromatic rings. The lowest BCUT2D eigenvalue weighted by Gasteiger charge is -2.24. The summed E-state index contributed by atoms with van der Waals surface area (Å²) < 4.78 is 62.0. The van der Waals surface area contributed by atoms with E-state index in [1.54, 1.807) is 0 Å². The maximum absolute atomic E-state index is 12.1. The molecule has 0 aromatic heterocycles. The molecule has 2 aliphatic rings. The highest BCUT2D eigenvalue weighted by Gasteiger charge is 2.50. The summed E-state index contributed by atoms with van der Waals surface area (Å²) in [5.41, 5.74) is -5.39. The molecule has 0 radical (unpaired) electrons. The van der Waals surface area contributed by atoms with Gasteiger partial charge in [-0.1, -0.05) is 6.92 Å². The third kappa shape index (κ3) is 2.27. The molecular weight excluding hydrogens is 259 g/mol. The van der Waals surface area contributed by atoms with Crippen LogP contribution in [0.3, 0.4) is 0 Å². The van der Waals surface area contributed by atoms with Crippen molar-refractivity contribution in [1.82, 2.24) is 0 Å². The molecule has 3 atom stereocenters. The van der Waals surface area contributed by atoms with Gasteiger partial charge in [0, 0.05) is 6.42 Å². The van der Waals surface area contributed by atoms with Gasteiger partial charge in [0.1, 0.15) is 0 Å². The number of aliphatic imine (C=N–C) groups is 1. The molecule has 0 spiro atoms. The minimum atomic E-state index is -5.56. The number of nitrogens with zero attached hydrogens (tertiary/aromatic N) is 1. The average Bonchev–Trinajstić information content (AvgIpc) is 2.42. The highest BCUT2D eigenvalue weighted by molar-refractivity contribution is 7.88. The largest absolute Gasteiger partial charge is 0.534 e. The first-order valence-electron chi connectivity index (χ1n) is 5.28. The molecule has 1 aliphatic carbocycles. The van der Waals surface area contributed by atoms with Crippen molar-refractivity contribution in [3.05, 3.63) is 0 Å². The third-order valence-electron chi connectivity index (χ3n) is 3.42. The second-order valence-electron chi connectivity index (χ2n) is 4.47. The second kappa shape index (κ2) is 3.86. The number of hydrogen-bond acceptors (Lipinski definition) is 4. The molecule has 1 fully saturated rings. The van der Waals surface area contributed by atoms with Crippen molar-refractivity contribution in [2.75, 3.05) is 0 Å². The average molecular weight is 271 g/mol. The van der Waals surface area contributed by atoms with Crippen LogP contribution in [-0.4, -0.2) is 25.9 Å². The summed E-state index contributed by atoms with van der Waals surface area (Å²) >= 11 is 0. The maximum Gasteiger partial charge on any atom is 0.534 e. The Balaban J connectivity index is 2.15. The third-order valence-corrected chi connectivity index (χ3v) is 4.40. The van der Waals surface area contributed by atoms with Crippen LogP contribution in [0.5, 0.6) is 0 Å². The van der Waals surface area contributed by atoms with Crippen LogP contribution in [0.2, 0.25) is 0 Å². The summed E-state index contributed by atoms with van der Waals surface area (Å²) in [6.45, 7) is 1.97. The van der Waals surface area contributed by atoms with Gasteiger partial charge in [-0.25, -0.2) is 0 Å². The Morgan fingerprint density at radius 2 is 2.00 bits per heavy atom. The summed E-state index contributed by atoms with van der Waals surface area (Å²) in [6, 6.07) is -0.104. The lowest BCUT2D eigenvalue weighted by atomic mass is 9.91. The van der Waals surface area contributed by atoms with Crippen molar-refractivity contribution >= 4 is 16.0 Å². The molecule has 1 aliphatic heterocycles. The number of alkyl halides is 3. The zero-order valence-electron chi connectivity index (χ0n) is 9.07. The van der Waals surface area contributed by atoms with Gasteiger partial charge in [0.25, 0.3) is 0 Å². The second-order valence-corrected chi connectivity index (χ2v) is 6.01. The molecule has 17 heavy (non-hydrogen) atoms. The molecule has 2 bridgehead atoms. The first-order valence-corrected chi connectivity index (χ1v) is 6.69. The summed E-state index contributed by atoms with van der Waals surface area (Å²) in [5.74, 6) is 0.166. The van der Waals surface area contributed by atoms with Gasteiger partial charge in [0.15, 0.2) is 0 Å². The first-order chi connectivity index (χ1) is 7.71. The van der Waals surface area contributed by atoms with Crippen molar-refractivity contribution in [1.29, 1.82) is 0 Å². The van der Waals surface area contributed by atoms with Crippen molar-refractivity contribution in [3.63, 3.8) is 0 Å². The van der Waals surface area contributed by atoms with Crippen LogP contribution in [0.25, 0.3) is 0 Å². The predicted octanol–water partition coefficient (Wildman–Crippen LogP) is 2.07. The zero-order valence-corrected chi connectivity index (χ0v) is 9.88. The minimum absolute atomic E-state index is 0.104. The Bertz CT molecular complexity index is 443. The molecule has 3 unspecified atom stereocenters. The number of hydrogen-bond donors (Lipinski definition) is 0. The van der Waals surface area contributed by atoms with E-state index in [0.29, 0.717) is 0 Å². The lowest BCUT2D eigenvalue weighted by Crippen LogP contribution is -2.32. The highest BCUT2D eigenvalue weighted by atomic mass is 32.2. The predicted molar refractivity (Wildman–Crippen MR) is 53.8 cm³/mol. The van der Waals surface area contributed by atoms with Gasteiger partial charge in [0.05, 0.1) is 6.04 Å². The van der Waals surface area contributed by atoms with Crippen molar-refractivity contribution in [2.24, 2.45) is 16.8 Å². The Morgan fingerprint density at radius 3 is 2.53 bits per heavy atom. The van der Waals surface area contributed by atoms with Crippen LogP contribution in [0.4, 0.5) is 13.2 Å². The van der Waals surface area contributed by atoms with Crippen LogP contribution in [0.1, 0.15) is 26.2 Å². The Kier molecular flexibility index (Phi) is 2.87. The molecule has 0 amide bonds. The van der Waals surface area contributed by atoms with Crippen molar-refractivity contribution < 1.29 is 25.8 Å². The normalized spacial score (nSPS) is 33.4. The van der Waals surface area contributed by atoms with E-state index in [1.165, 1.54) is 0 Å². The molecule has 0 N–H and O–H groups in total. The summed E-state index contributed by atoms with van der Waals surface area (Å²) in [5, 5.41) is 0. The molecule has 0 saturated heterocycles. The van der Waals surface area contributed by atoms with Crippen LogP contribution >= 0.6 is 0 Å². The van der Waals surface area contributed by atoms with Crippen LogP contribution in [-0.2, 0) is 14.3 Å². The van der Waals surface area contributed by atoms with Gasteiger partial charge >= 0.3 is 15.6 Å². The molecule has 8 heteroatoms. The van der Waals surface area contributed by atoms with Gasteiger partial charge in [-0.3, -0.25) is 4.99 Å². The molecule has 2 rings (SSSR count). The molecule has 98 valence electrons. The number of halogens is 3. The van der Waals surface area contributed by atoms with Gasteiger partial charge in [-0.05, 0) is 24.7 Å². The van der Waals surface area contributed by atoms with E-state index >= 15 is 0 Å². The summed E-state index contributed by atoms with van der Waals surface area (Å²) in [6.07, 6.45) is 1.81. The van der Waals surface area contributed by atoms with E-state index in [-0.39, 0.29) is 30.2 Å².